The van der Waals surface area contributed by atoms with E-state index >= 15 is 0 Å². The molecular weight excluding hydrogens is 294 g/mol. The standard InChI is InChI=1S/C18H17NO4/c20-15-2-1-10-5-14-12-7-17-16(22-9-23-17)6-11(12)3-4-19(14)8-13(10)18(15)21/h1-2,6-7,14,20-21H,3-5,8-9H2/t14-/m0/s1. The maximum absolute atomic E-state index is 10.1. The molecule has 3 heterocycles. The van der Waals surface area contributed by atoms with Gasteiger partial charge in [-0.25, -0.2) is 0 Å². The summed E-state index contributed by atoms with van der Waals surface area (Å²) in [5.74, 6) is 1.65. The van der Waals surface area contributed by atoms with E-state index in [0.29, 0.717) is 13.3 Å². The van der Waals surface area contributed by atoms with Crippen LogP contribution in [0, 0.1) is 0 Å². The molecule has 0 spiro atoms. The number of nitrogens with zero attached hydrogens (tertiary/aromatic N) is 1. The van der Waals surface area contributed by atoms with Gasteiger partial charge in [0.15, 0.2) is 23.0 Å². The summed E-state index contributed by atoms with van der Waals surface area (Å²) >= 11 is 0. The number of ether oxygens (including phenoxy) is 2. The largest absolute Gasteiger partial charge is 0.504 e. The smallest absolute Gasteiger partial charge is 0.231 e. The fourth-order valence-electron chi connectivity index (χ4n) is 4.02. The van der Waals surface area contributed by atoms with Crippen molar-refractivity contribution in [3.63, 3.8) is 0 Å². The Balaban J connectivity index is 1.60. The summed E-state index contributed by atoms with van der Waals surface area (Å²) < 4.78 is 11.0. The van der Waals surface area contributed by atoms with Crippen LogP contribution in [0.4, 0.5) is 0 Å². The summed E-state index contributed by atoms with van der Waals surface area (Å²) in [5.41, 5.74) is 4.57. The van der Waals surface area contributed by atoms with Crippen molar-refractivity contribution in [3.8, 4) is 23.0 Å². The Morgan fingerprint density at radius 3 is 2.74 bits per heavy atom. The van der Waals surface area contributed by atoms with Crippen LogP contribution in [0.2, 0.25) is 0 Å². The summed E-state index contributed by atoms with van der Waals surface area (Å²) in [6.45, 7) is 1.89. The van der Waals surface area contributed by atoms with Gasteiger partial charge in [-0.3, -0.25) is 4.90 Å². The van der Waals surface area contributed by atoms with Gasteiger partial charge in [0.2, 0.25) is 6.79 Å². The van der Waals surface area contributed by atoms with Gasteiger partial charge in [-0.1, -0.05) is 6.07 Å². The van der Waals surface area contributed by atoms with E-state index in [0.717, 1.165) is 42.0 Å². The van der Waals surface area contributed by atoms with Gasteiger partial charge >= 0.3 is 0 Å². The van der Waals surface area contributed by atoms with Gasteiger partial charge in [0.05, 0.1) is 0 Å². The van der Waals surface area contributed by atoms with Gasteiger partial charge in [0, 0.05) is 24.7 Å². The van der Waals surface area contributed by atoms with Crippen molar-refractivity contribution in [3.05, 3.63) is 46.5 Å². The highest BCUT2D eigenvalue weighted by Gasteiger charge is 2.35. The summed E-state index contributed by atoms with van der Waals surface area (Å²) in [6, 6.07) is 8.00. The van der Waals surface area contributed by atoms with Gasteiger partial charge in [-0.2, -0.15) is 0 Å². The fourth-order valence-corrected chi connectivity index (χ4v) is 4.02. The van der Waals surface area contributed by atoms with E-state index < -0.39 is 0 Å². The van der Waals surface area contributed by atoms with E-state index in [9.17, 15) is 10.2 Å². The highest BCUT2D eigenvalue weighted by Crippen LogP contribution is 2.46. The van der Waals surface area contributed by atoms with E-state index in [1.54, 1.807) is 6.07 Å². The molecule has 0 saturated carbocycles. The molecule has 5 rings (SSSR count). The van der Waals surface area contributed by atoms with Crippen LogP contribution in [0.3, 0.4) is 0 Å². The van der Waals surface area contributed by atoms with E-state index in [1.165, 1.54) is 11.1 Å². The quantitative estimate of drug-likeness (QED) is 0.732. The van der Waals surface area contributed by atoms with Crippen LogP contribution >= 0.6 is 0 Å². The molecule has 2 aromatic rings. The first-order valence-corrected chi connectivity index (χ1v) is 7.90. The first-order chi connectivity index (χ1) is 11.2. The minimum absolute atomic E-state index is 0.0254. The molecule has 2 aromatic carbocycles. The molecule has 0 unspecified atom stereocenters. The number of hydrogen-bond donors (Lipinski definition) is 2. The molecule has 0 saturated heterocycles. The third kappa shape index (κ3) is 1.83. The number of fused-ring (bicyclic) bond motifs is 5. The number of aromatic hydroxyl groups is 2. The number of phenols is 2. The molecule has 5 nitrogen and oxygen atoms in total. The number of hydrogen-bond acceptors (Lipinski definition) is 5. The molecule has 3 aliphatic rings. The van der Waals surface area contributed by atoms with Crippen molar-refractivity contribution in [2.24, 2.45) is 0 Å². The first-order valence-electron chi connectivity index (χ1n) is 7.90. The van der Waals surface area contributed by atoms with Crippen LogP contribution in [0.25, 0.3) is 0 Å². The maximum Gasteiger partial charge on any atom is 0.231 e. The van der Waals surface area contributed by atoms with E-state index in [1.807, 2.05) is 6.07 Å². The molecule has 0 aliphatic carbocycles. The van der Waals surface area contributed by atoms with Gasteiger partial charge in [0.1, 0.15) is 0 Å². The van der Waals surface area contributed by atoms with E-state index in [-0.39, 0.29) is 17.5 Å². The SMILES string of the molecule is Oc1ccc2c(c1O)CN1CCc3cc4c(cc3[C@@H]1C2)OCO4. The van der Waals surface area contributed by atoms with Crippen molar-refractivity contribution >= 4 is 0 Å². The molecular formula is C18H17NO4. The second-order valence-electron chi connectivity index (χ2n) is 6.42. The first kappa shape index (κ1) is 13.1. The number of rotatable bonds is 0. The molecule has 0 fully saturated rings. The molecule has 23 heavy (non-hydrogen) atoms. The van der Waals surface area contributed by atoms with Crippen LogP contribution < -0.4 is 9.47 Å². The van der Waals surface area contributed by atoms with Crippen LogP contribution in [0.15, 0.2) is 24.3 Å². The maximum atomic E-state index is 10.1. The molecule has 3 aliphatic heterocycles. The van der Waals surface area contributed by atoms with Gasteiger partial charge in [-0.05, 0) is 47.7 Å². The lowest BCUT2D eigenvalue weighted by Gasteiger charge is -2.41. The Kier molecular flexibility index (Phi) is 2.59. The summed E-state index contributed by atoms with van der Waals surface area (Å²) in [7, 11) is 0. The Bertz CT molecular complexity index is 817. The van der Waals surface area contributed by atoms with Crippen LogP contribution in [-0.2, 0) is 19.4 Å². The zero-order valence-electron chi connectivity index (χ0n) is 12.6. The molecule has 1 atom stereocenters. The third-order valence-electron chi connectivity index (χ3n) is 5.24. The highest BCUT2D eigenvalue weighted by molar-refractivity contribution is 5.54. The zero-order chi connectivity index (χ0) is 15.6. The molecule has 0 radical (unpaired) electrons. The Morgan fingerprint density at radius 1 is 1.04 bits per heavy atom. The zero-order valence-corrected chi connectivity index (χ0v) is 12.6. The van der Waals surface area contributed by atoms with Gasteiger partial charge < -0.3 is 19.7 Å². The predicted octanol–water partition coefficient (Wildman–Crippen LogP) is 2.48. The van der Waals surface area contributed by atoms with Crippen molar-refractivity contribution in [1.29, 1.82) is 0 Å². The normalized spacial score (nSPS) is 21.5. The second kappa shape index (κ2) is 4.55. The Labute approximate surface area is 133 Å². The van der Waals surface area contributed by atoms with Crippen LogP contribution in [-0.4, -0.2) is 28.5 Å². The van der Waals surface area contributed by atoms with Crippen molar-refractivity contribution in [2.45, 2.75) is 25.4 Å². The minimum atomic E-state index is -0.0389. The summed E-state index contributed by atoms with van der Waals surface area (Å²) in [6.07, 6.45) is 1.78. The van der Waals surface area contributed by atoms with Crippen molar-refractivity contribution in [2.75, 3.05) is 13.3 Å². The predicted molar refractivity (Wildman–Crippen MR) is 82.9 cm³/mol. The second-order valence-corrected chi connectivity index (χ2v) is 6.42. The Hall–Kier alpha value is -2.40. The third-order valence-corrected chi connectivity index (χ3v) is 5.24. The average Bonchev–Trinajstić information content (AvgIpc) is 3.02. The number of benzene rings is 2. The summed E-state index contributed by atoms with van der Waals surface area (Å²) in [5, 5.41) is 19.9. The fraction of sp³-hybridized carbons (Fsp3) is 0.333. The van der Waals surface area contributed by atoms with Crippen LogP contribution in [0.5, 0.6) is 23.0 Å². The van der Waals surface area contributed by atoms with Crippen LogP contribution in [0.1, 0.15) is 28.3 Å². The summed E-state index contributed by atoms with van der Waals surface area (Å²) in [4.78, 5) is 2.37. The van der Waals surface area contributed by atoms with E-state index in [4.69, 9.17) is 9.47 Å². The topological polar surface area (TPSA) is 62.2 Å². The lowest BCUT2D eigenvalue weighted by Crippen LogP contribution is -2.39. The average molecular weight is 311 g/mol. The lowest BCUT2D eigenvalue weighted by molar-refractivity contribution is 0.158. The Morgan fingerprint density at radius 2 is 1.87 bits per heavy atom. The highest BCUT2D eigenvalue weighted by atomic mass is 16.7. The molecule has 2 N–H and O–H groups in total. The van der Waals surface area contributed by atoms with Crippen molar-refractivity contribution in [1.82, 2.24) is 4.90 Å². The molecule has 0 amide bonds. The lowest BCUT2D eigenvalue weighted by atomic mass is 9.83. The molecule has 0 aromatic heterocycles. The van der Waals surface area contributed by atoms with E-state index in [2.05, 4.69) is 17.0 Å². The van der Waals surface area contributed by atoms with Gasteiger partial charge in [-0.15, -0.1) is 0 Å². The molecule has 0 bridgehead atoms. The monoisotopic (exact) mass is 311 g/mol. The van der Waals surface area contributed by atoms with Crippen molar-refractivity contribution < 1.29 is 19.7 Å². The van der Waals surface area contributed by atoms with Gasteiger partial charge in [0.25, 0.3) is 0 Å². The molecule has 5 heteroatoms. The molecule has 118 valence electrons. The number of phenolic OH excluding ortho intramolecular Hbond substituents is 2. The minimum Gasteiger partial charge on any atom is -0.504 e.